The zero-order valence-corrected chi connectivity index (χ0v) is 11.4. The number of amides is 2. The summed E-state index contributed by atoms with van der Waals surface area (Å²) in [7, 11) is 0. The Bertz CT molecular complexity index is 529. The minimum absolute atomic E-state index is 0.0870. The highest BCUT2D eigenvalue weighted by atomic mass is 16.2. The minimum Gasteiger partial charge on any atom is -0.339 e. The standard InChI is InChI=1S/C15H17N3O2/c1-3-9-18(12(2)19)10-8-15(20)17-14-6-4-13(11-16)5-7-14/h3-7H,1,8-10H2,2H3,(H,17,20). The SMILES string of the molecule is C=CCN(CCC(=O)Nc1ccc(C#N)cc1)C(C)=O. The molecule has 0 aliphatic rings. The van der Waals surface area contributed by atoms with E-state index in [0.29, 0.717) is 24.3 Å². The smallest absolute Gasteiger partial charge is 0.226 e. The van der Waals surface area contributed by atoms with Gasteiger partial charge in [0.2, 0.25) is 11.8 Å². The van der Waals surface area contributed by atoms with Crippen LogP contribution in [-0.2, 0) is 9.59 Å². The minimum atomic E-state index is -0.176. The Labute approximate surface area is 118 Å². The van der Waals surface area contributed by atoms with E-state index in [4.69, 9.17) is 5.26 Å². The first-order valence-corrected chi connectivity index (χ1v) is 6.23. The number of carbonyl (C=O) groups excluding carboxylic acids is 2. The normalized spacial score (nSPS) is 9.40. The van der Waals surface area contributed by atoms with Gasteiger partial charge in [-0.2, -0.15) is 5.26 Å². The van der Waals surface area contributed by atoms with E-state index in [1.54, 1.807) is 35.2 Å². The maximum absolute atomic E-state index is 11.8. The van der Waals surface area contributed by atoms with Gasteiger partial charge in [0.15, 0.2) is 0 Å². The van der Waals surface area contributed by atoms with Crippen molar-refractivity contribution in [2.75, 3.05) is 18.4 Å². The molecule has 0 bridgehead atoms. The first kappa shape index (κ1) is 15.4. The molecular weight excluding hydrogens is 254 g/mol. The Hall–Kier alpha value is -2.61. The van der Waals surface area contributed by atoms with Gasteiger partial charge in [-0.15, -0.1) is 6.58 Å². The summed E-state index contributed by atoms with van der Waals surface area (Å²) in [6, 6.07) is 8.62. The van der Waals surface area contributed by atoms with Gasteiger partial charge < -0.3 is 10.2 Å². The van der Waals surface area contributed by atoms with Gasteiger partial charge in [-0.3, -0.25) is 9.59 Å². The molecule has 1 N–H and O–H groups in total. The van der Waals surface area contributed by atoms with Crippen LogP contribution in [0.1, 0.15) is 18.9 Å². The molecule has 0 aliphatic heterocycles. The van der Waals surface area contributed by atoms with Crippen LogP contribution in [0.2, 0.25) is 0 Å². The molecular formula is C15H17N3O2. The maximum Gasteiger partial charge on any atom is 0.226 e. The van der Waals surface area contributed by atoms with Crippen LogP contribution in [0.3, 0.4) is 0 Å². The zero-order valence-electron chi connectivity index (χ0n) is 11.4. The summed E-state index contributed by atoms with van der Waals surface area (Å²) in [6.45, 7) is 5.81. The molecule has 0 radical (unpaired) electrons. The summed E-state index contributed by atoms with van der Waals surface area (Å²) < 4.78 is 0. The summed E-state index contributed by atoms with van der Waals surface area (Å²) >= 11 is 0. The number of nitriles is 1. The van der Waals surface area contributed by atoms with Crippen LogP contribution in [-0.4, -0.2) is 29.8 Å². The summed E-state index contributed by atoms with van der Waals surface area (Å²) in [5.74, 6) is -0.263. The Morgan fingerprint density at radius 1 is 1.40 bits per heavy atom. The van der Waals surface area contributed by atoms with Crippen molar-refractivity contribution in [1.82, 2.24) is 4.90 Å². The van der Waals surface area contributed by atoms with Gasteiger partial charge in [0, 0.05) is 32.1 Å². The largest absolute Gasteiger partial charge is 0.339 e. The number of hydrogen-bond donors (Lipinski definition) is 1. The molecule has 0 spiro atoms. The van der Waals surface area contributed by atoms with Crippen LogP contribution in [0.15, 0.2) is 36.9 Å². The third-order valence-electron chi connectivity index (χ3n) is 2.70. The fraction of sp³-hybridized carbons (Fsp3) is 0.267. The van der Waals surface area contributed by atoms with Gasteiger partial charge in [-0.1, -0.05) is 6.08 Å². The molecule has 1 aromatic rings. The van der Waals surface area contributed by atoms with E-state index >= 15 is 0 Å². The van der Waals surface area contributed by atoms with Crippen LogP contribution in [0.25, 0.3) is 0 Å². The third kappa shape index (κ3) is 4.94. The predicted molar refractivity (Wildman–Crippen MR) is 76.9 cm³/mol. The Morgan fingerprint density at radius 2 is 2.05 bits per heavy atom. The number of carbonyl (C=O) groups is 2. The summed E-state index contributed by atoms with van der Waals surface area (Å²) in [6.07, 6.45) is 1.84. The van der Waals surface area contributed by atoms with E-state index in [1.807, 2.05) is 6.07 Å². The molecule has 0 atom stereocenters. The van der Waals surface area contributed by atoms with Crippen LogP contribution >= 0.6 is 0 Å². The molecule has 20 heavy (non-hydrogen) atoms. The molecule has 104 valence electrons. The van der Waals surface area contributed by atoms with Gasteiger partial charge >= 0.3 is 0 Å². The molecule has 5 nitrogen and oxygen atoms in total. The molecule has 5 heteroatoms. The topological polar surface area (TPSA) is 73.2 Å². The van der Waals surface area contributed by atoms with Gasteiger partial charge in [-0.05, 0) is 24.3 Å². The van der Waals surface area contributed by atoms with Crippen molar-refractivity contribution >= 4 is 17.5 Å². The molecule has 0 saturated heterocycles. The second kappa shape index (κ2) is 7.74. The average molecular weight is 271 g/mol. The summed E-state index contributed by atoms with van der Waals surface area (Å²) in [5.41, 5.74) is 1.17. The number of nitrogens with zero attached hydrogens (tertiary/aromatic N) is 2. The maximum atomic E-state index is 11.8. The summed E-state index contributed by atoms with van der Waals surface area (Å²) in [4.78, 5) is 24.6. The lowest BCUT2D eigenvalue weighted by Gasteiger charge is -2.18. The molecule has 1 rings (SSSR count). The second-order valence-electron chi connectivity index (χ2n) is 4.24. The van der Waals surface area contributed by atoms with E-state index in [9.17, 15) is 9.59 Å². The van der Waals surface area contributed by atoms with Crippen molar-refractivity contribution in [3.05, 3.63) is 42.5 Å². The molecule has 0 unspecified atom stereocenters. The van der Waals surface area contributed by atoms with Gasteiger partial charge in [0.25, 0.3) is 0 Å². The van der Waals surface area contributed by atoms with Crippen molar-refractivity contribution in [1.29, 1.82) is 5.26 Å². The second-order valence-corrected chi connectivity index (χ2v) is 4.24. The number of rotatable bonds is 6. The van der Waals surface area contributed by atoms with Crippen molar-refractivity contribution in [3.63, 3.8) is 0 Å². The molecule has 0 saturated carbocycles. The van der Waals surface area contributed by atoms with Crippen LogP contribution in [0.5, 0.6) is 0 Å². The van der Waals surface area contributed by atoms with E-state index in [1.165, 1.54) is 6.92 Å². The quantitative estimate of drug-likeness (QED) is 0.803. The molecule has 2 amide bonds. The monoisotopic (exact) mass is 271 g/mol. The Morgan fingerprint density at radius 3 is 2.55 bits per heavy atom. The van der Waals surface area contributed by atoms with Gasteiger partial charge in [0.1, 0.15) is 0 Å². The van der Waals surface area contributed by atoms with Gasteiger partial charge in [0.05, 0.1) is 11.6 Å². The van der Waals surface area contributed by atoms with Crippen LogP contribution < -0.4 is 5.32 Å². The average Bonchev–Trinajstić information content (AvgIpc) is 2.44. The first-order valence-electron chi connectivity index (χ1n) is 6.23. The third-order valence-corrected chi connectivity index (χ3v) is 2.70. The first-order chi connectivity index (χ1) is 9.56. The van der Waals surface area contributed by atoms with Crippen molar-refractivity contribution < 1.29 is 9.59 Å². The van der Waals surface area contributed by atoms with Crippen molar-refractivity contribution in [2.24, 2.45) is 0 Å². The van der Waals surface area contributed by atoms with E-state index < -0.39 is 0 Å². The van der Waals surface area contributed by atoms with Gasteiger partial charge in [-0.25, -0.2) is 0 Å². The number of benzene rings is 1. The predicted octanol–water partition coefficient (Wildman–Crippen LogP) is 1.92. The lowest BCUT2D eigenvalue weighted by molar-refractivity contribution is -0.128. The van der Waals surface area contributed by atoms with E-state index in [2.05, 4.69) is 11.9 Å². The lowest BCUT2D eigenvalue weighted by Crippen LogP contribution is -2.32. The highest BCUT2D eigenvalue weighted by Gasteiger charge is 2.09. The summed E-state index contributed by atoms with van der Waals surface area (Å²) in [5, 5.41) is 11.4. The highest BCUT2D eigenvalue weighted by molar-refractivity contribution is 5.91. The van der Waals surface area contributed by atoms with Crippen molar-refractivity contribution in [2.45, 2.75) is 13.3 Å². The molecule has 1 aromatic carbocycles. The number of nitrogens with one attached hydrogen (secondary N) is 1. The molecule has 0 aliphatic carbocycles. The van der Waals surface area contributed by atoms with E-state index in [0.717, 1.165) is 0 Å². The molecule has 0 aromatic heterocycles. The zero-order chi connectivity index (χ0) is 15.0. The Balaban J connectivity index is 2.48. The van der Waals surface area contributed by atoms with Crippen LogP contribution in [0, 0.1) is 11.3 Å². The van der Waals surface area contributed by atoms with Crippen molar-refractivity contribution in [3.8, 4) is 6.07 Å². The van der Waals surface area contributed by atoms with Crippen LogP contribution in [0.4, 0.5) is 5.69 Å². The number of anilines is 1. The highest BCUT2D eigenvalue weighted by Crippen LogP contribution is 2.09. The number of hydrogen-bond acceptors (Lipinski definition) is 3. The lowest BCUT2D eigenvalue weighted by atomic mass is 10.2. The van der Waals surface area contributed by atoms with E-state index in [-0.39, 0.29) is 18.2 Å². The molecule has 0 fully saturated rings. The fourth-order valence-electron chi connectivity index (χ4n) is 1.62. The molecule has 0 heterocycles. The fourth-order valence-corrected chi connectivity index (χ4v) is 1.62. The Kier molecular flexibility index (Phi) is 5.98.